The summed E-state index contributed by atoms with van der Waals surface area (Å²) < 4.78 is 0. The zero-order valence-electron chi connectivity index (χ0n) is 12.3. The molecule has 1 aromatic carbocycles. The number of carbonyl (C=O) groups is 3. The molecular weight excluding hydrogens is 288 g/mol. The van der Waals surface area contributed by atoms with Crippen molar-refractivity contribution >= 4 is 23.4 Å². The molecule has 0 radical (unpaired) electrons. The molecule has 0 bridgehead atoms. The Bertz CT molecular complexity index is 530. The third-order valence-electron chi connectivity index (χ3n) is 2.95. The number of nitrogens with two attached hydrogens (primary N) is 1. The predicted octanol–water partition coefficient (Wildman–Crippen LogP) is 0.438. The second kappa shape index (κ2) is 8.63. The number of nitrogens with one attached hydrogen (secondary N) is 2. The molecule has 0 unspecified atom stereocenters. The number of nitrogen functional groups attached to an aromatic ring is 1. The normalized spacial score (nSPS) is 9.91. The predicted molar refractivity (Wildman–Crippen MR) is 79.5 cm³/mol. The summed E-state index contributed by atoms with van der Waals surface area (Å²) in [5.74, 6) is -1.28. The van der Waals surface area contributed by atoms with E-state index in [4.69, 9.17) is 10.9 Å². The summed E-state index contributed by atoms with van der Waals surface area (Å²) >= 11 is 0. The van der Waals surface area contributed by atoms with E-state index in [9.17, 15) is 14.4 Å². The molecule has 3 amide bonds. The zero-order valence-corrected chi connectivity index (χ0v) is 12.3. The Morgan fingerprint density at radius 1 is 1.18 bits per heavy atom. The van der Waals surface area contributed by atoms with Gasteiger partial charge in [-0.2, -0.15) is 0 Å². The van der Waals surface area contributed by atoms with Crippen LogP contribution in [0.5, 0.6) is 0 Å². The highest BCUT2D eigenvalue weighted by Crippen LogP contribution is 2.06. The van der Waals surface area contributed by atoms with Crippen molar-refractivity contribution in [3.63, 3.8) is 0 Å². The molecule has 8 nitrogen and oxygen atoms in total. The maximum Gasteiger partial charge on any atom is 0.269 e. The Kier molecular flexibility index (Phi) is 6.84. The fraction of sp³-hybridized carbons (Fsp3) is 0.357. The van der Waals surface area contributed by atoms with Crippen LogP contribution < -0.4 is 16.6 Å². The average molecular weight is 308 g/mol. The van der Waals surface area contributed by atoms with Crippen LogP contribution in [-0.4, -0.2) is 34.5 Å². The van der Waals surface area contributed by atoms with Crippen molar-refractivity contribution < 1.29 is 19.6 Å². The molecule has 0 fully saturated rings. The van der Waals surface area contributed by atoms with E-state index < -0.39 is 11.8 Å². The van der Waals surface area contributed by atoms with Gasteiger partial charge in [0.2, 0.25) is 11.8 Å². The first kappa shape index (κ1) is 17.4. The molecule has 1 aromatic rings. The van der Waals surface area contributed by atoms with Crippen molar-refractivity contribution in [3.05, 3.63) is 29.8 Å². The number of hydroxylamine groups is 1. The molecule has 0 spiro atoms. The topological polar surface area (TPSA) is 125 Å². The minimum Gasteiger partial charge on any atom is -0.399 e. The number of rotatable bonds is 6. The zero-order chi connectivity index (χ0) is 16.5. The average Bonchev–Trinajstić information content (AvgIpc) is 2.52. The number of anilines is 1. The van der Waals surface area contributed by atoms with Gasteiger partial charge in [-0.1, -0.05) is 0 Å². The molecule has 0 saturated carbocycles. The van der Waals surface area contributed by atoms with Crippen LogP contribution in [0.2, 0.25) is 0 Å². The van der Waals surface area contributed by atoms with Gasteiger partial charge in [-0.3, -0.25) is 30.0 Å². The van der Waals surface area contributed by atoms with E-state index in [1.165, 1.54) is 10.5 Å². The van der Waals surface area contributed by atoms with E-state index in [0.29, 0.717) is 17.8 Å². The van der Waals surface area contributed by atoms with Crippen LogP contribution in [0.3, 0.4) is 0 Å². The Hall–Kier alpha value is -2.61. The highest BCUT2D eigenvalue weighted by atomic mass is 16.5. The summed E-state index contributed by atoms with van der Waals surface area (Å²) in [5.41, 5.74) is 10.5. The number of hydrazine groups is 1. The summed E-state index contributed by atoms with van der Waals surface area (Å²) in [6.45, 7) is 2.02. The minimum absolute atomic E-state index is 0.0334. The van der Waals surface area contributed by atoms with E-state index in [-0.39, 0.29) is 25.2 Å². The highest BCUT2D eigenvalue weighted by Gasteiger charge is 2.15. The van der Waals surface area contributed by atoms with Crippen molar-refractivity contribution in [1.29, 1.82) is 0 Å². The number of carbonyl (C=O) groups excluding carboxylic acids is 3. The third kappa shape index (κ3) is 5.41. The van der Waals surface area contributed by atoms with E-state index in [1.54, 1.807) is 31.2 Å². The second-order valence-corrected chi connectivity index (χ2v) is 4.59. The monoisotopic (exact) mass is 308 g/mol. The first-order valence-corrected chi connectivity index (χ1v) is 6.87. The molecule has 0 aliphatic rings. The number of hydrogen-bond acceptors (Lipinski definition) is 5. The van der Waals surface area contributed by atoms with E-state index in [2.05, 4.69) is 5.43 Å². The maximum absolute atomic E-state index is 12.0. The van der Waals surface area contributed by atoms with Gasteiger partial charge in [0, 0.05) is 30.6 Å². The van der Waals surface area contributed by atoms with Crippen LogP contribution in [0.1, 0.15) is 36.5 Å². The quantitative estimate of drug-likeness (QED) is 0.345. The number of amides is 3. The lowest BCUT2D eigenvalue weighted by molar-refractivity contribution is -0.134. The summed E-state index contributed by atoms with van der Waals surface area (Å²) in [6.07, 6.45) is 0.397. The van der Waals surface area contributed by atoms with Crippen LogP contribution in [0.4, 0.5) is 5.69 Å². The second-order valence-electron chi connectivity index (χ2n) is 4.59. The maximum atomic E-state index is 12.0. The van der Waals surface area contributed by atoms with Gasteiger partial charge < -0.3 is 5.73 Å². The lowest BCUT2D eigenvalue weighted by Crippen LogP contribution is -2.46. The fourth-order valence-electron chi connectivity index (χ4n) is 1.73. The van der Waals surface area contributed by atoms with Crippen molar-refractivity contribution in [1.82, 2.24) is 15.9 Å². The Morgan fingerprint density at radius 2 is 1.82 bits per heavy atom. The smallest absolute Gasteiger partial charge is 0.269 e. The largest absolute Gasteiger partial charge is 0.399 e. The standard InChI is InChI=1S/C14H20N4O4/c1-2-18(13(20)5-3-4-12(19)17-22)16-14(21)10-6-8-11(15)9-7-10/h6-9,22H,2-5,15H2,1H3,(H,16,21)(H,17,19). The SMILES string of the molecule is CCN(NC(=O)c1ccc(N)cc1)C(=O)CCCC(=O)NO. The molecule has 0 atom stereocenters. The Labute approximate surface area is 128 Å². The molecule has 0 aliphatic heterocycles. The van der Waals surface area contributed by atoms with Gasteiger partial charge >= 0.3 is 0 Å². The van der Waals surface area contributed by atoms with E-state index in [1.807, 2.05) is 0 Å². The number of benzene rings is 1. The summed E-state index contributed by atoms with van der Waals surface area (Å²) in [7, 11) is 0. The van der Waals surface area contributed by atoms with Crippen molar-refractivity contribution in [3.8, 4) is 0 Å². The Balaban J connectivity index is 2.52. The molecule has 0 saturated heterocycles. The molecule has 120 valence electrons. The van der Waals surface area contributed by atoms with Gasteiger partial charge in [-0.05, 0) is 37.6 Å². The molecule has 1 rings (SSSR count). The van der Waals surface area contributed by atoms with Crippen LogP contribution in [-0.2, 0) is 9.59 Å². The molecule has 22 heavy (non-hydrogen) atoms. The molecule has 0 heterocycles. The van der Waals surface area contributed by atoms with Crippen molar-refractivity contribution in [2.24, 2.45) is 0 Å². The minimum atomic E-state index is -0.554. The van der Waals surface area contributed by atoms with Crippen LogP contribution in [0.15, 0.2) is 24.3 Å². The number of nitrogens with zero attached hydrogens (tertiary/aromatic N) is 1. The van der Waals surface area contributed by atoms with Crippen LogP contribution >= 0.6 is 0 Å². The van der Waals surface area contributed by atoms with Gasteiger partial charge in [0.15, 0.2) is 0 Å². The molecule has 0 aliphatic carbocycles. The highest BCUT2D eigenvalue weighted by molar-refractivity contribution is 5.95. The summed E-state index contributed by atoms with van der Waals surface area (Å²) in [4.78, 5) is 34.8. The lowest BCUT2D eigenvalue weighted by Gasteiger charge is -2.21. The third-order valence-corrected chi connectivity index (χ3v) is 2.95. The van der Waals surface area contributed by atoms with Gasteiger partial charge in [0.1, 0.15) is 0 Å². The van der Waals surface area contributed by atoms with E-state index >= 15 is 0 Å². The molecule has 8 heteroatoms. The van der Waals surface area contributed by atoms with Gasteiger partial charge in [-0.15, -0.1) is 0 Å². The van der Waals surface area contributed by atoms with Crippen LogP contribution in [0.25, 0.3) is 0 Å². The first-order chi connectivity index (χ1) is 10.5. The van der Waals surface area contributed by atoms with Crippen molar-refractivity contribution in [2.75, 3.05) is 12.3 Å². The van der Waals surface area contributed by atoms with Gasteiger partial charge in [0.25, 0.3) is 5.91 Å². The van der Waals surface area contributed by atoms with Gasteiger partial charge in [-0.25, -0.2) is 5.48 Å². The van der Waals surface area contributed by atoms with E-state index in [0.717, 1.165) is 0 Å². The van der Waals surface area contributed by atoms with Gasteiger partial charge in [0.05, 0.1) is 0 Å². The van der Waals surface area contributed by atoms with Crippen LogP contribution in [0, 0.1) is 0 Å². The molecule has 0 aromatic heterocycles. The number of hydrogen-bond donors (Lipinski definition) is 4. The first-order valence-electron chi connectivity index (χ1n) is 6.87. The molecule has 5 N–H and O–H groups in total. The fourth-order valence-corrected chi connectivity index (χ4v) is 1.73. The summed E-state index contributed by atoms with van der Waals surface area (Å²) in [5, 5.41) is 9.55. The summed E-state index contributed by atoms with van der Waals surface area (Å²) in [6, 6.07) is 6.32. The van der Waals surface area contributed by atoms with Crippen molar-refractivity contribution in [2.45, 2.75) is 26.2 Å². The molecular formula is C14H20N4O4. The Morgan fingerprint density at radius 3 is 2.36 bits per heavy atom. The lowest BCUT2D eigenvalue weighted by atomic mass is 10.2.